The second kappa shape index (κ2) is 10.2. The Morgan fingerprint density at radius 1 is 1.03 bits per heavy atom. The lowest BCUT2D eigenvalue weighted by Crippen LogP contribution is -2.52. The summed E-state index contributed by atoms with van der Waals surface area (Å²) >= 11 is 0. The van der Waals surface area contributed by atoms with Gasteiger partial charge in [-0.15, -0.1) is 0 Å². The van der Waals surface area contributed by atoms with E-state index in [2.05, 4.69) is 32.7 Å². The molecule has 1 atom stereocenters. The smallest absolute Gasteiger partial charge is 0.338 e. The third-order valence-electron chi connectivity index (χ3n) is 5.57. The number of hydrogen-bond acceptors (Lipinski definition) is 7. The molecule has 1 saturated heterocycles. The Morgan fingerprint density at radius 3 is 2.36 bits per heavy atom. The zero-order valence-electron chi connectivity index (χ0n) is 18.5. The molecule has 0 unspecified atom stereocenters. The van der Waals surface area contributed by atoms with Crippen molar-refractivity contribution in [3.63, 3.8) is 0 Å². The van der Waals surface area contributed by atoms with Gasteiger partial charge in [-0.25, -0.2) is 9.79 Å². The Kier molecular flexibility index (Phi) is 6.87. The number of anilines is 2. The Balaban J connectivity index is 1.29. The van der Waals surface area contributed by atoms with Crippen molar-refractivity contribution < 1.29 is 19.1 Å². The summed E-state index contributed by atoms with van der Waals surface area (Å²) in [6.07, 6.45) is -0.0566. The van der Waals surface area contributed by atoms with Gasteiger partial charge in [-0.3, -0.25) is 14.9 Å². The quantitative estimate of drug-likeness (QED) is 0.653. The van der Waals surface area contributed by atoms with Gasteiger partial charge in [-0.2, -0.15) is 0 Å². The first-order valence-electron chi connectivity index (χ1n) is 11.0. The van der Waals surface area contributed by atoms with E-state index in [1.54, 1.807) is 31.2 Å². The van der Waals surface area contributed by atoms with Crippen molar-refractivity contribution in [2.45, 2.75) is 19.4 Å². The molecule has 2 aliphatic rings. The minimum Gasteiger partial charge on any atom is -0.462 e. The molecule has 0 radical (unpaired) electrons. The fourth-order valence-electron chi connectivity index (χ4n) is 3.84. The van der Waals surface area contributed by atoms with Crippen molar-refractivity contribution >= 4 is 35.1 Å². The molecule has 2 amide bonds. The molecule has 4 rings (SSSR count). The average molecular weight is 450 g/mol. The standard InChI is InChI=1S/C24H27N5O4/c1-2-33-23(32)17-8-10-18(11-9-17)25-21(30)16-20-22(31)27-24(26-20)29-14-12-28(13-15-29)19-6-4-3-5-7-19/h3-11,20H,2,12-16H2,1H3,(H,25,30)(H,26,27,31)/t20-/m1/s1. The molecule has 172 valence electrons. The van der Waals surface area contributed by atoms with Crippen LogP contribution in [0, 0.1) is 0 Å². The predicted molar refractivity (Wildman–Crippen MR) is 125 cm³/mol. The van der Waals surface area contributed by atoms with Gasteiger partial charge in [0, 0.05) is 37.6 Å². The number of piperazine rings is 1. The molecule has 0 bridgehead atoms. The van der Waals surface area contributed by atoms with Crippen LogP contribution in [0.1, 0.15) is 23.7 Å². The van der Waals surface area contributed by atoms with Crippen molar-refractivity contribution in [2.75, 3.05) is 43.0 Å². The number of nitrogens with one attached hydrogen (secondary N) is 2. The van der Waals surface area contributed by atoms with Crippen molar-refractivity contribution in [1.29, 1.82) is 0 Å². The predicted octanol–water partition coefficient (Wildman–Crippen LogP) is 1.87. The van der Waals surface area contributed by atoms with E-state index in [4.69, 9.17) is 4.74 Å². The van der Waals surface area contributed by atoms with Crippen LogP contribution in [0.15, 0.2) is 59.6 Å². The monoisotopic (exact) mass is 449 g/mol. The van der Waals surface area contributed by atoms with Crippen molar-refractivity contribution in [2.24, 2.45) is 4.99 Å². The van der Waals surface area contributed by atoms with Crippen molar-refractivity contribution in [3.05, 3.63) is 60.2 Å². The van der Waals surface area contributed by atoms with Crippen LogP contribution in [0.3, 0.4) is 0 Å². The fraction of sp³-hybridized carbons (Fsp3) is 0.333. The first kappa shape index (κ1) is 22.3. The molecule has 2 aromatic carbocycles. The highest BCUT2D eigenvalue weighted by Gasteiger charge is 2.32. The maximum absolute atomic E-state index is 12.4. The number of carbonyl (C=O) groups is 3. The number of esters is 1. The first-order valence-corrected chi connectivity index (χ1v) is 11.0. The van der Waals surface area contributed by atoms with Gasteiger partial charge in [0.25, 0.3) is 5.91 Å². The van der Waals surface area contributed by atoms with Crippen LogP contribution in [0.25, 0.3) is 0 Å². The van der Waals surface area contributed by atoms with Gasteiger partial charge < -0.3 is 19.9 Å². The molecular weight excluding hydrogens is 422 g/mol. The first-order chi connectivity index (χ1) is 16.0. The fourth-order valence-corrected chi connectivity index (χ4v) is 3.84. The summed E-state index contributed by atoms with van der Waals surface area (Å²) in [5, 5.41) is 5.56. The van der Waals surface area contributed by atoms with E-state index in [0.717, 1.165) is 26.2 Å². The molecule has 0 aliphatic carbocycles. The van der Waals surface area contributed by atoms with Crippen LogP contribution in [-0.4, -0.2) is 67.5 Å². The zero-order valence-corrected chi connectivity index (χ0v) is 18.5. The van der Waals surface area contributed by atoms with Crippen LogP contribution >= 0.6 is 0 Å². The zero-order chi connectivity index (χ0) is 23.2. The van der Waals surface area contributed by atoms with Crippen LogP contribution in [0.5, 0.6) is 0 Å². The van der Waals surface area contributed by atoms with Gasteiger partial charge in [-0.1, -0.05) is 18.2 Å². The molecule has 2 aromatic rings. The molecule has 33 heavy (non-hydrogen) atoms. The number of rotatable bonds is 6. The Hall–Kier alpha value is -3.88. The van der Waals surface area contributed by atoms with E-state index in [9.17, 15) is 14.4 Å². The summed E-state index contributed by atoms with van der Waals surface area (Å²) in [7, 11) is 0. The normalized spacial score (nSPS) is 17.9. The molecular formula is C24H27N5O4. The number of nitrogens with zero attached hydrogens (tertiary/aromatic N) is 3. The summed E-state index contributed by atoms with van der Waals surface area (Å²) in [6, 6.07) is 15.9. The van der Waals surface area contributed by atoms with Crippen LogP contribution in [-0.2, 0) is 14.3 Å². The van der Waals surface area contributed by atoms with Gasteiger partial charge in [0.1, 0.15) is 6.04 Å². The number of benzene rings is 2. The second-order valence-corrected chi connectivity index (χ2v) is 7.82. The van der Waals surface area contributed by atoms with Gasteiger partial charge in [0.15, 0.2) is 0 Å². The summed E-state index contributed by atoms with van der Waals surface area (Å²) in [5.41, 5.74) is 2.12. The van der Waals surface area contributed by atoms with Gasteiger partial charge in [0.05, 0.1) is 18.6 Å². The highest BCUT2D eigenvalue weighted by Crippen LogP contribution is 2.17. The largest absolute Gasteiger partial charge is 0.462 e. The number of hydrogen-bond donors (Lipinski definition) is 2. The van der Waals surface area contributed by atoms with Gasteiger partial charge >= 0.3 is 5.97 Å². The van der Waals surface area contributed by atoms with Crippen molar-refractivity contribution in [1.82, 2.24) is 10.2 Å². The minimum atomic E-state index is -0.758. The lowest BCUT2D eigenvalue weighted by atomic mass is 10.2. The Morgan fingerprint density at radius 2 is 1.70 bits per heavy atom. The summed E-state index contributed by atoms with van der Waals surface area (Å²) in [4.78, 5) is 45.4. The van der Waals surface area contributed by atoms with E-state index in [0.29, 0.717) is 23.8 Å². The van der Waals surface area contributed by atoms with E-state index in [1.807, 2.05) is 23.1 Å². The highest BCUT2D eigenvalue weighted by atomic mass is 16.5. The second-order valence-electron chi connectivity index (χ2n) is 7.82. The number of amides is 2. The summed E-state index contributed by atoms with van der Waals surface area (Å²) in [6.45, 7) is 5.16. The van der Waals surface area contributed by atoms with E-state index >= 15 is 0 Å². The number of para-hydroxylation sites is 1. The molecule has 2 N–H and O–H groups in total. The molecule has 9 nitrogen and oxygen atoms in total. The molecule has 9 heteroatoms. The number of guanidine groups is 1. The van der Waals surface area contributed by atoms with E-state index < -0.39 is 12.0 Å². The summed E-state index contributed by atoms with van der Waals surface area (Å²) < 4.78 is 4.95. The van der Waals surface area contributed by atoms with Gasteiger partial charge in [-0.05, 0) is 43.3 Å². The summed E-state index contributed by atoms with van der Waals surface area (Å²) in [5.74, 6) is -0.477. The molecule has 0 aromatic heterocycles. The third kappa shape index (κ3) is 5.49. The topological polar surface area (TPSA) is 103 Å². The average Bonchev–Trinajstić information content (AvgIpc) is 3.20. The minimum absolute atomic E-state index is 0.0566. The maximum Gasteiger partial charge on any atom is 0.338 e. The molecule has 2 heterocycles. The van der Waals surface area contributed by atoms with Gasteiger partial charge in [0.2, 0.25) is 11.9 Å². The van der Waals surface area contributed by atoms with Crippen LogP contribution in [0.2, 0.25) is 0 Å². The highest BCUT2D eigenvalue weighted by molar-refractivity contribution is 6.07. The maximum atomic E-state index is 12.4. The third-order valence-corrected chi connectivity index (χ3v) is 5.57. The Bertz CT molecular complexity index is 1030. The Labute approximate surface area is 192 Å². The van der Waals surface area contributed by atoms with E-state index in [-0.39, 0.29) is 18.2 Å². The molecule has 0 spiro atoms. The number of carbonyl (C=O) groups excluding carboxylic acids is 3. The number of aliphatic imine (C=N–C) groups is 1. The van der Waals surface area contributed by atoms with Crippen molar-refractivity contribution in [3.8, 4) is 0 Å². The molecule has 1 fully saturated rings. The lowest BCUT2D eigenvalue weighted by Gasteiger charge is -2.36. The SMILES string of the molecule is CCOC(=O)c1ccc(NC(=O)C[C@H]2N=C(N3CCN(c4ccccc4)CC3)NC2=O)cc1. The molecule has 0 saturated carbocycles. The van der Waals surface area contributed by atoms with E-state index in [1.165, 1.54) is 5.69 Å². The molecule has 2 aliphatic heterocycles. The lowest BCUT2D eigenvalue weighted by molar-refractivity contribution is -0.123. The van der Waals surface area contributed by atoms with Crippen LogP contribution in [0.4, 0.5) is 11.4 Å². The number of ether oxygens (including phenoxy) is 1. The van der Waals surface area contributed by atoms with Crippen LogP contribution < -0.4 is 15.5 Å².